The summed E-state index contributed by atoms with van der Waals surface area (Å²) < 4.78 is 1.67. The fourth-order valence-corrected chi connectivity index (χ4v) is 6.92. The molecule has 2 aromatic heterocycles. The Kier molecular flexibility index (Phi) is 9.45. The van der Waals surface area contributed by atoms with Gasteiger partial charge in [0.2, 0.25) is 12.5 Å². The van der Waals surface area contributed by atoms with E-state index in [9.17, 15) is 34.3 Å². The van der Waals surface area contributed by atoms with Crippen LogP contribution in [0, 0.1) is 0 Å². The third kappa shape index (κ3) is 6.66. The van der Waals surface area contributed by atoms with Crippen LogP contribution in [0.4, 0.5) is 5.13 Å². The number of aliphatic hydroxyl groups is 1. The van der Waals surface area contributed by atoms with Gasteiger partial charge in [-0.25, -0.2) is 9.78 Å². The number of carboxylic acids is 1. The number of carbonyl (C=O) groups is 5. The number of aliphatic carboxylic acids is 1. The molecule has 5 rings (SSSR count). The number of β-lactam (4-membered cyclic amide) rings is 1. The summed E-state index contributed by atoms with van der Waals surface area (Å²) in [5.74, 6) is -3.19. The van der Waals surface area contributed by atoms with Gasteiger partial charge in [-0.1, -0.05) is 5.16 Å². The number of nitrogen functional groups attached to an aromatic ring is 1. The molecule has 3 aliphatic heterocycles. The van der Waals surface area contributed by atoms with Crippen molar-refractivity contribution in [2.75, 3.05) is 31.2 Å². The minimum atomic E-state index is -1.34. The highest BCUT2D eigenvalue weighted by atomic mass is 32.2. The maximum Gasteiger partial charge on any atom is 0.352 e. The van der Waals surface area contributed by atoms with Gasteiger partial charge in [-0.05, 0) is 23.6 Å². The first-order valence-corrected chi connectivity index (χ1v) is 15.5. The molecule has 0 unspecified atom stereocenters. The lowest BCUT2D eigenvalue weighted by atomic mass is 10.0. The Morgan fingerprint density at radius 3 is 2.64 bits per heavy atom. The van der Waals surface area contributed by atoms with E-state index in [4.69, 9.17) is 10.8 Å². The number of oxime groups is 1. The number of nitrogens with zero attached hydrogens (tertiary/aromatic N) is 5. The minimum Gasteiger partial charge on any atom is -0.477 e. The molecular formula is C27H29N8O8S2+. The van der Waals surface area contributed by atoms with Crippen molar-refractivity contribution in [3.8, 4) is 0 Å². The summed E-state index contributed by atoms with van der Waals surface area (Å²) in [5.41, 5.74) is 6.48. The molecule has 0 radical (unpaired) electrons. The maximum atomic E-state index is 13.2. The van der Waals surface area contributed by atoms with E-state index in [0.717, 1.165) is 21.8 Å². The second-order valence-electron chi connectivity index (χ2n) is 10.2. The largest absolute Gasteiger partial charge is 0.477 e. The summed E-state index contributed by atoms with van der Waals surface area (Å²) in [7, 11) is 0. The molecule has 3 aliphatic rings. The van der Waals surface area contributed by atoms with Gasteiger partial charge in [0.05, 0.1) is 6.61 Å². The van der Waals surface area contributed by atoms with E-state index < -0.39 is 34.9 Å². The van der Waals surface area contributed by atoms with Crippen molar-refractivity contribution in [3.05, 3.63) is 64.1 Å². The molecule has 18 heteroatoms. The third-order valence-electron chi connectivity index (χ3n) is 7.22. The molecule has 0 bridgehead atoms. The molecule has 5 heterocycles. The van der Waals surface area contributed by atoms with Crippen molar-refractivity contribution in [2.45, 2.75) is 30.9 Å². The van der Waals surface area contributed by atoms with E-state index in [2.05, 4.69) is 20.8 Å². The van der Waals surface area contributed by atoms with E-state index in [1.807, 2.05) is 0 Å². The van der Waals surface area contributed by atoms with Crippen LogP contribution in [0.1, 0.15) is 17.7 Å². The van der Waals surface area contributed by atoms with E-state index >= 15 is 0 Å². The number of thioether (sulfide) groups is 1. The second-order valence-corrected chi connectivity index (χ2v) is 12.2. The van der Waals surface area contributed by atoms with Crippen LogP contribution in [0.15, 0.2) is 58.0 Å². The number of thiazole rings is 1. The number of carboxylic acid groups (broad SMARTS) is 1. The molecule has 0 spiro atoms. The lowest BCUT2D eigenvalue weighted by molar-refractivity contribution is -0.684. The van der Waals surface area contributed by atoms with Gasteiger partial charge in [-0.15, -0.1) is 23.1 Å². The molecule has 0 aliphatic carbocycles. The van der Waals surface area contributed by atoms with Gasteiger partial charge >= 0.3 is 5.97 Å². The highest BCUT2D eigenvalue weighted by molar-refractivity contribution is 8.00. The molecular weight excluding hydrogens is 628 g/mol. The number of anilines is 1. The average Bonchev–Trinajstić information content (AvgIpc) is 3.60. The molecule has 2 fully saturated rings. The topological polar surface area (TPSA) is 232 Å². The molecule has 4 amide bonds. The lowest BCUT2D eigenvalue weighted by Gasteiger charge is -2.49. The van der Waals surface area contributed by atoms with Gasteiger partial charge in [0.15, 0.2) is 23.2 Å². The summed E-state index contributed by atoms with van der Waals surface area (Å²) in [6.45, 7) is 0.852. The van der Waals surface area contributed by atoms with Crippen LogP contribution in [0.3, 0.4) is 0 Å². The zero-order chi connectivity index (χ0) is 32.2. The number of fused-ring (bicyclic) bond motifs is 1. The third-order valence-corrected chi connectivity index (χ3v) is 9.20. The first kappa shape index (κ1) is 31.6. The average molecular weight is 658 g/mol. The number of nitrogens with one attached hydrogen (secondary N) is 2. The van der Waals surface area contributed by atoms with Crippen molar-refractivity contribution in [2.24, 2.45) is 5.16 Å². The van der Waals surface area contributed by atoms with Gasteiger partial charge in [0.1, 0.15) is 22.8 Å². The van der Waals surface area contributed by atoms with Gasteiger partial charge in [-0.3, -0.25) is 24.1 Å². The number of aliphatic hydroxyl groups excluding tert-OH is 1. The summed E-state index contributed by atoms with van der Waals surface area (Å²) >= 11 is 2.27. The quantitative estimate of drug-likeness (QED) is 0.0402. The summed E-state index contributed by atoms with van der Waals surface area (Å²) in [6.07, 6.45) is 5.35. The molecule has 236 valence electrons. The number of rotatable bonds is 11. The predicted molar refractivity (Wildman–Crippen MR) is 159 cm³/mol. The Labute approximate surface area is 263 Å². The zero-order valence-electron chi connectivity index (χ0n) is 23.6. The summed E-state index contributed by atoms with van der Waals surface area (Å²) in [4.78, 5) is 69.8. The van der Waals surface area contributed by atoms with E-state index in [0.29, 0.717) is 30.7 Å². The van der Waals surface area contributed by atoms with Crippen molar-refractivity contribution in [1.29, 1.82) is 0 Å². The number of hydrogen-bond acceptors (Lipinski definition) is 12. The van der Waals surface area contributed by atoms with E-state index in [-0.39, 0.29) is 53.8 Å². The maximum absolute atomic E-state index is 13.2. The molecule has 2 saturated heterocycles. The predicted octanol–water partition coefficient (Wildman–Crippen LogP) is -1.60. The van der Waals surface area contributed by atoms with Gasteiger partial charge in [0.25, 0.3) is 17.7 Å². The minimum absolute atomic E-state index is 0.0305. The normalized spacial score (nSPS) is 20.7. The van der Waals surface area contributed by atoms with Crippen molar-refractivity contribution < 1.29 is 44.0 Å². The Bertz CT molecular complexity index is 1640. The molecule has 7 N–H and O–H groups in total. The summed E-state index contributed by atoms with van der Waals surface area (Å²) in [5, 5.41) is 37.1. The number of allylic oxidation sites excluding steroid dienone is 1. The first-order chi connectivity index (χ1) is 21.6. The van der Waals surface area contributed by atoms with Crippen LogP contribution >= 0.6 is 23.1 Å². The van der Waals surface area contributed by atoms with Crippen LogP contribution in [0.25, 0.3) is 0 Å². The monoisotopic (exact) mass is 657 g/mol. The second kappa shape index (κ2) is 13.4. The molecule has 2 aromatic rings. The van der Waals surface area contributed by atoms with Gasteiger partial charge in [0, 0.05) is 48.5 Å². The smallest absolute Gasteiger partial charge is 0.352 e. The SMILES string of the molecule is Nc1nc(/C(=N/O)C(=O)N[C@@H]2C(=O)N3C(C(=O)O)=C(C=C4CCN(Cc5cc[n+](CC(=O)NCCO)cc5)C4=O)CS[C@H]23)cs1. The van der Waals surface area contributed by atoms with Crippen LogP contribution in [0.5, 0.6) is 0 Å². The first-order valence-electron chi connectivity index (χ1n) is 13.6. The van der Waals surface area contributed by atoms with Crippen molar-refractivity contribution in [3.63, 3.8) is 0 Å². The number of aromatic nitrogens is 2. The fourth-order valence-electron chi connectivity index (χ4n) is 5.07. The molecule has 45 heavy (non-hydrogen) atoms. The lowest BCUT2D eigenvalue weighted by Crippen LogP contribution is -2.71. The van der Waals surface area contributed by atoms with Gasteiger partial charge < -0.3 is 36.7 Å². The van der Waals surface area contributed by atoms with E-state index in [1.54, 1.807) is 34.0 Å². The van der Waals surface area contributed by atoms with Crippen LogP contribution < -0.4 is 20.9 Å². The number of pyridine rings is 1. The molecule has 16 nitrogen and oxygen atoms in total. The van der Waals surface area contributed by atoms with Crippen LogP contribution in [0.2, 0.25) is 0 Å². The van der Waals surface area contributed by atoms with Crippen molar-refractivity contribution >= 4 is 63.5 Å². The fraction of sp³-hybridized carbons (Fsp3) is 0.333. The Balaban J connectivity index is 1.24. The highest BCUT2D eigenvalue weighted by Gasteiger charge is 2.54. The number of amides is 4. The molecule has 2 atom stereocenters. The van der Waals surface area contributed by atoms with Crippen LogP contribution in [-0.2, 0) is 37.1 Å². The standard InChI is InChI=1S/C27H28N8O8S2/c28-27-30-17(13-45-27)19(32-43)22(38)31-20-24(40)35-21(26(41)42)16(12-44-25(20)35)9-15-3-7-34(23(15)39)10-14-1-5-33(6-2-14)11-18(37)29-4-8-36/h1-2,5-6,9,13,20,25,36H,3-4,7-8,10-12H2,(H5-,28,29,30,31,37,38,41,42,43)/p+1/t20-,25-/m1/s1. The van der Waals surface area contributed by atoms with Crippen molar-refractivity contribution in [1.82, 2.24) is 25.4 Å². The van der Waals surface area contributed by atoms with E-state index in [1.165, 1.54) is 23.2 Å². The number of hydrogen-bond donors (Lipinski definition) is 6. The van der Waals surface area contributed by atoms with Crippen LogP contribution in [-0.4, -0.2) is 102 Å². The molecule has 0 saturated carbocycles. The Morgan fingerprint density at radius 1 is 1.24 bits per heavy atom. The Hall–Kier alpha value is -4.81. The zero-order valence-corrected chi connectivity index (χ0v) is 25.2. The Morgan fingerprint density at radius 2 is 2.00 bits per heavy atom. The number of carbonyl (C=O) groups excluding carboxylic acids is 4. The number of likely N-dealkylation sites (tertiary alicyclic amines) is 1. The number of nitrogens with two attached hydrogens (primary N) is 1. The molecule has 0 aromatic carbocycles. The highest BCUT2D eigenvalue weighted by Crippen LogP contribution is 2.41. The summed E-state index contributed by atoms with van der Waals surface area (Å²) in [6, 6.07) is 2.52. The van der Waals surface area contributed by atoms with Gasteiger partial charge in [-0.2, -0.15) is 4.57 Å².